The number of aromatic nitrogens is 1. The SMILES string of the molecule is CCOC(=O)c1cc2c(cn1)CN(C(=O)OC(C)(C)C)CC2. The molecule has 0 radical (unpaired) electrons. The third kappa shape index (κ3) is 3.96. The number of rotatable bonds is 2. The molecule has 0 N–H and O–H groups in total. The molecule has 0 aromatic carbocycles. The topological polar surface area (TPSA) is 68.7 Å². The predicted molar refractivity (Wildman–Crippen MR) is 80.5 cm³/mol. The number of pyridine rings is 1. The number of carbonyl (C=O) groups excluding carboxylic acids is 2. The van der Waals surface area contributed by atoms with E-state index in [9.17, 15) is 9.59 Å². The minimum atomic E-state index is -0.511. The summed E-state index contributed by atoms with van der Waals surface area (Å²) in [6.07, 6.45) is 1.98. The number of fused-ring (bicyclic) bond motifs is 1. The summed E-state index contributed by atoms with van der Waals surface area (Å²) in [5.74, 6) is -0.417. The largest absolute Gasteiger partial charge is 0.461 e. The van der Waals surface area contributed by atoms with Crippen LogP contribution < -0.4 is 0 Å². The smallest absolute Gasteiger partial charge is 0.410 e. The molecule has 6 heteroatoms. The average molecular weight is 306 g/mol. The van der Waals surface area contributed by atoms with Gasteiger partial charge in [-0.25, -0.2) is 14.6 Å². The van der Waals surface area contributed by atoms with Crippen LogP contribution >= 0.6 is 0 Å². The second-order valence-corrected chi connectivity index (χ2v) is 6.21. The van der Waals surface area contributed by atoms with Gasteiger partial charge in [-0.3, -0.25) is 0 Å². The molecule has 1 aromatic rings. The van der Waals surface area contributed by atoms with Crippen LogP contribution in [0.15, 0.2) is 12.3 Å². The van der Waals surface area contributed by atoms with Gasteiger partial charge in [0.1, 0.15) is 11.3 Å². The molecule has 1 aromatic heterocycles. The maximum absolute atomic E-state index is 12.1. The molecule has 1 amide bonds. The van der Waals surface area contributed by atoms with E-state index in [4.69, 9.17) is 9.47 Å². The Bertz CT molecular complexity index is 578. The quantitative estimate of drug-likeness (QED) is 0.785. The Labute approximate surface area is 130 Å². The van der Waals surface area contributed by atoms with E-state index in [1.54, 1.807) is 24.1 Å². The summed E-state index contributed by atoms with van der Waals surface area (Å²) >= 11 is 0. The molecule has 1 aliphatic rings. The van der Waals surface area contributed by atoms with Gasteiger partial charge in [-0.15, -0.1) is 0 Å². The van der Waals surface area contributed by atoms with Crippen molar-refractivity contribution in [1.29, 1.82) is 0 Å². The van der Waals surface area contributed by atoms with Crippen molar-refractivity contribution in [2.75, 3.05) is 13.2 Å². The first-order valence-corrected chi connectivity index (χ1v) is 7.43. The van der Waals surface area contributed by atoms with Crippen LogP contribution in [0.3, 0.4) is 0 Å². The van der Waals surface area contributed by atoms with E-state index in [0.29, 0.717) is 31.8 Å². The van der Waals surface area contributed by atoms with E-state index in [0.717, 1.165) is 11.1 Å². The van der Waals surface area contributed by atoms with Crippen molar-refractivity contribution >= 4 is 12.1 Å². The molecular weight excluding hydrogens is 284 g/mol. The van der Waals surface area contributed by atoms with Crippen molar-refractivity contribution in [3.05, 3.63) is 29.1 Å². The third-order valence-electron chi connectivity index (χ3n) is 3.23. The van der Waals surface area contributed by atoms with Crippen LogP contribution in [-0.4, -0.2) is 40.7 Å². The number of hydrogen-bond acceptors (Lipinski definition) is 5. The van der Waals surface area contributed by atoms with Gasteiger partial charge in [-0.1, -0.05) is 0 Å². The molecule has 2 rings (SSSR count). The molecule has 0 bridgehead atoms. The number of carbonyl (C=O) groups is 2. The minimum Gasteiger partial charge on any atom is -0.461 e. The highest BCUT2D eigenvalue weighted by atomic mass is 16.6. The Morgan fingerprint density at radius 2 is 2.05 bits per heavy atom. The van der Waals surface area contributed by atoms with Crippen molar-refractivity contribution in [3.8, 4) is 0 Å². The van der Waals surface area contributed by atoms with E-state index < -0.39 is 11.6 Å². The number of amides is 1. The molecule has 0 aliphatic carbocycles. The van der Waals surface area contributed by atoms with E-state index in [1.165, 1.54) is 0 Å². The lowest BCUT2D eigenvalue weighted by Crippen LogP contribution is -2.40. The molecule has 0 saturated heterocycles. The Morgan fingerprint density at radius 1 is 1.32 bits per heavy atom. The number of nitrogens with zero attached hydrogens (tertiary/aromatic N) is 2. The maximum Gasteiger partial charge on any atom is 0.410 e. The van der Waals surface area contributed by atoms with Gasteiger partial charge in [-0.05, 0) is 51.3 Å². The van der Waals surface area contributed by atoms with Crippen LogP contribution in [0.1, 0.15) is 49.3 Å². The summed E-state index contributed by atoms with van der Waals surface area (Å²) in [5, 5.41) is 0. The Morgan fingerprint density at radius 3 is 2.68 bits per heavy atom. The van der Waals surface area contributed by atoms with Crippen molar-refractivity contribution in [2.45, 2.75) is 46.3 Å². The molecule has 0 saturated carbocycles. The van der Waals surface area contributed by atoms with Gasteiger partial charge in [0.05, 0.1) is 13.2 Å². The highest BCUT2D eigenvalue weighted by molar-refractivity contribution is 5.87. The summed E-state index contributed by atoms with van der Waals surface area (Å²) in [4.78, 5) is 29.6. The zero-order chi connectivity index (χ0) is 16.3. The van der Waals surface area contributed by atoms with Gasteiger partial charge in [0.25, 0.3) is 0 Å². The molecule has 6 nitrogen and oxygen atoms in total. The van der Waals surface area contributed by atoms with Crippen LogP contribution in [0.5, 0.6) is 0 Å². The molecular formula is C16H22N2O4. The standard InChI is InChI=1S/C16H22N2O4/c1-5-21-14(19)13-8-11-6-7-18(10-12(11)9-17-13)15(20)22-16(2,3)4/h8-9H,5-7,10H2,1-4H3. The lowest BCUT2D eigenvalue weighted by Gasteiger charge is -2.31. The zero-order valence-corrected chi connectivity index (χ0v) is 13.5. The first-order valence-electron chi connectivity index (χ1n) is 7.43. The van der Waals surface area contributed by atoms with Crippen LogP contribution in [0.25, 0.3) is 0 Å². The first kappa shape index (κ1) is 16.3. The molecule has 2 heterocycles. The second-order valence-electron chi connectivity index (χ2n) is 6.21. The fraction of sp³-hybridized carbons (Fsp3) is 0.562. The number of hydrogen-bond donors (Lipinski definition) is 0. The zero-order valence-electron chi connectivity index (χ0n) is 13.5. The van der Waals surface area contributed by atoms with Gasteiger partial charge in [0, 0.05) is 12.7 Å². The van der Waals surface area contributed by atoms with Crippen molar-refractivity contribution in [1.82, 2.24) is 9.88 Å². The lowest BCUT2D eigenvalue weighted by molar-refractivity contribution is 0.0223. The molecule has 1 aliphatic heterocycles. The Hall–Kier alpha value is -2.11. The van der Waals surface area contributed by atoms with Crippen LogP contribution in [0.4, 0.5) is 4.79 Å². The van der Waals surface area contributed by atoms with Crippen molar-refractivity contribution in [2.24, 2.45) is 0 Å². The van der Waals surface area contributed by atoms with Crippen LogP contribution in [0, 0.1) is 0 Å². The van der Waals surface area contributed by atoms with E-state index >= 15 is 0 Å². The summed E-state index contributed by atoms with van der Waals surface area (Å²) in [6, 6.07) is 1.75. The number of ether oxygens (including phenoxy) is 2. The maximum atomic E-state index is 12.1. The van der Waals surface area contributed by atoms with E-state index in [1.807, 2.05) is 20.8 Å². The Balaban J connectivity index is 2.09. The van der Waals surface area contributed by atoms with Gasteiger partial charge in [0.2, 0.25) is 0 Å². The van der Waals surface area contributed by atoms with Gasteiger partial charge >= 0.3 is 12.1 Å². The molecule has 0 atom stereocenters. The summed E-state index contributed by atoms with van der Waals surface area (Å²) < 4.78 is 10.3. The number of esters is 1. The predicted octanol–water partition coefficient (Wildman–Crippen LogP) is 2.55. The second kappa shape index (κ2) is 6.34. The fourth-order valence-corrected chi connectivity index (χ4v) is 2.24. The van der Waals surface area contributed by atoms with E-state index in [2.05, 4.69) is 4.98 Å². The van der Waals surface area contributed by atoms with Gasteiger partial charge < -0.3 is 14.4 Å². The van der Waals surface area contributed by atoms with Gasteiger partial charge in [0.15, 0.2) is 0 Å². The molecule has 0 fully saturated rings. The summed E-state index contributed by atoms with van der Waals surface area (Å²) in [6.45, 7) is 8.62. The van der Waals surface area contributed by atoms with Crippen molar-refractivity contribution < 1.29 is 19.1 Å². The molecule has 120 valence electrons. The lowest BCUT2D eigenvalue weighted by atomic mass is 10.0. The normalized spacial score (nSPS) is 14.3. The fourth-order valence-electron chi connectivity index (χ4n) is 2.24. The highest BCUT2D eigenvalue weighted by Gasteiger charge is 2.26. The minimum absolute atomic E-state index is 0.311. The van der Waals surface area contributed by atoms with Crippen LogP contribution in [-0.2, 0) is 22.4 Å². The Kier molecular flexibility index (Phi) is 4.68. The summed E-state index contributed by atoms with van der Waals surface area (Å²) in [5.41, 5.74) is 1.76. The molecule has 0 spiro atoms. The average Bonchev–Trinajstić information content (AvgIpc) is 2.44. The monoisotopic (exact) mass is 306 g/mol. The highest BCUT2D eigenvalue weighted by Crippen LogP contribution is 2.21. The molecule has 22 heavy (non-hydrogen) atoms. The van der Waals surface area contributed by atoms with E-state index in [-0.39, 0.29) is 6.09 Å². The first-order chi connectivity index (χ1) is 10.3. The summed E-state index contributed by atoms with van der Waals surface area (Å²) in [7, 11) is 0. The van der Waals surface area contributed by atoms with Crippen molar-refractivity contribution in [3.63, 3.8) is 0 Å². The van der Waals surface area contributed by atoms with Gasteiger partial charge in [-0.2, -0.15) is 0 Å². The molecule has 0 unspecified atom stereocenters. The van der Waals surface area contributed by atoms with Crippen LogP contribution in [0.2, 0.25) is 0 Å². The third-order valence-corrected chi connectivity index (χ3v) is 3.23.